The van der Waals surface area contributed by atoms with Gasteiger partial charge in [-0.15, -0.1) is 0 Å². The van der Waals surface area contributed by atoms with Crippen molar-refractivity contribution < 1.29 is 9.53 Å². The third-order valence-electron chi connectivity index (χ3n) is 1.73. The van der Waals surface area contributed by atoms with Gasteiger partial charge in [-0.05, 0) is 47.7 Å². The maximum Gasteiger partial charge on any atom is 0.330 e. The van der Waals surface area contributed by atoms with Crippen molar-refractivity contribution in [1.29, 1.82) is 0 Å². The van der Waals surface area contributed by atoms with E-state index in [0.29, 0.717) is 18.1 Å². The number of hydrogen-bond donors (Lipinski definition) is 1. The molecule has 0 saturated heterocycles. The quantitative estimate of drug-likeness (QED) is 0.297. The number of carbonyl (C=O) groups excluding carboxylic acids is 1. The van der Waals surface area contributed by atoms with Gasteiger partial charge in [0.05, 0.1) is 18.6 Å². The Balaban J connectivity index is 2.89. The summed E-state index contributed by atoms with van der Waals surface area (Å²) in [6.45, 7) is 2.11. The molecule has 0 amide bonds. The fourth-order valence-corrected chi connectivity index (χ4v) is 1.53. The first-order chi connectivity index (χ1) is 8.17. The smallest absolute Gasteiger partial charge is 0.330 e. The van der Waals surface area contributed by atoms with Crippen LogP contribution in [-0.4, -0.2) is 23.9 Å². The number of carbonyl (C=O) groups is 1. The lowest BCUT2D eigenvalue weighted by molar-refractivity contribution is -0.137. The number of hydrogen-bond acceptors (Lipinski definition) is 4. The highest BCUT2D eigenvalue weighted by molar-refractivity contribution is 14.1. The van der Waals surface area contributed by atoms with Crippen molar-refractivity contribution in [3.8, 4) is 0 Å². The van der Waals surface area contributed by atoms with Gasteiger partial charge in [-0.25, -0.2) is 14.8 Å². The molecule has 1 aromatic rings. The summed E-state index contributed by atoms with van der Waals surface area (Å²) in [7, 11) is 0. The first kappa shape index (κ1) is 13.6. The van der Waals surface area contributed by atoms with Crippen LogP contribution in [0.15, 0.2) is 23.2 Å². The second-order valence-electron chi connectivity index (χ2n) is 2.90. The van der Waals surface area contributed by atoms with Gasteiger partial charge in [-0.1, -0.05) is 0 Å². The summed E-state index contributed by atoms with van der Waals surface area (Å²) in [5.74, 6) is 0.106. The number of nitrogens with two attached hydrogens (primary N) is 1. The van der Waals surface area contributed by atoms with Crippen LogP contribution in [0.3, 0.4) is 0 Å². The summed E-state index contributed by atoms with van der Waals surface area (Å²) >= 11 is 2.12. The summed E-state index contributed by atoms with van der Waals surface area (Å²) in [4.78, 5) is 19.2. The molecule has 1 rings (SSSR count). The largest absolute Gasteiger partial charge is 0.463 e. The highest BCUT2D eigenvalue weighted by atomic mass is 127. The lowest BCUT2D eigenvalue weighted by Crippen LogP contribution is -1.99. The van der Waals surface area contributed by atoms with Gasteiger partial charge in [0.15, 0.2) is 5.82 Å². The normalized spacial score (nSPS) is 11.2. The second-order valence-corrected chi connectivity index (χ2v) is 4.06. The molecule has 6 heteroatoms. The average Bonchev–Trinajstić information content (AvgIpc) is 2.30. The minimum Gasteiger partial charge on any atom is -0.463 e. The van der Waals surface area contributed by atoms with E-state index in [1.165, 1.54) is 12.4 Å². The van der Waals surface area contributed by atoms with Crippen LogP contribution in [0.25, 0.3) is 6.08 Å². The number of nitrogens with zero attached hydrogens (tertiary/aromatic N) is 2. The Morgan fingerprint density at radius 2 is 2.41 bits per heavy atom. The molecule has 0 fully saturated rings. The Bertz CT molecular complexity index is 458. The molecule has 0 radical (unpaired) electrons. The molecule has 0 saturated carbocycles. The Morgan fingerprint density at radius 1 is 1.65 bits per heavy atom. The molecule has 1 aromatic heterocycles. The van der Waals surface area contributed by atoms with E-state index in [4.69, 9.17) is 10.5 Å². The Hall–Kier alpha value is -1.44. The number of ether oxygens (including phenoxy) is 1. The molecule has 5 nitrogen and oxygen atoms in total. The molecule has 0 atom stereocenters. The van der Waals surface area contributed by atoms with Crippen LogP contribution in [-0.2, 0) is 9.53 Å². The van der Waals surface area contributed by atoms with Gasteiger partial charge in [0, 0.05) is 9.65 Å². The van der Waals surface area contributed by atoms with Crippen molar-refractivity contribution in [2.75, 3.05) is 6.61 Å². The highest BCUT2D eigenvalue weighted by Crippen LogP contribution is 2.16. The molecule has 17 heavy (non-hydrogen) atoms. The molecule has 1 heterocycles. The molecule has 0 spiro atoms. The molecule has 0 aliphatic rings. The van der Waals surface area contributed by atoms with Gasteiger partial charge in [-0.3, -0.25) is 0 Å². The molecule has 0 aromatic carbocycles. The second kappa shape index (κ2) is 7.00. The predicted octanol–water partition coefficient (Wildman–Crippen LogP) is 1.88. The molecule has 2 N–H and O–H groups in total. The van der Waals surface area contributed by atoms with Crippen molar-refractivity contribution in [2.24, 2.45) is 10.7 Å². The zero-order valence-corrected chi connectivity index (χ0v) is 11.4. The highest BCUT2D eigenvalue weighted by Gasteiger charge is 2.01. The number of rotatable bonds is 4. The van der Waals surface area contributed by atoms with E-state index in [9.17, 15) is 4.79 Å². The first-order valence-corrected chi connectivity index (χ1v) is 6.01. The molecular weight excluding hydrogens is 333 g/mol. The van der Waals surface area contributed by atoms with E-state index in [0.717, 1.165) is 3.57 Å². The molecule has 0 unspecified atom stereocenters. The van der Waals surface area contributed by atoms with Crippen LogP contribution in [0, 0.1) is 3.57 Å². The third kappa shape index (κ3) is 4.51. The van der Waals surface area contributed by atoms with Gasteiger partial charge >= 0.3 is 5.97 Å². The number of aliphatic imine (C=N–C) groups is 1. The van der Waals surface area contributed by atoms with E-state index < -0.39 is 5.97 Å². The summed E-state index contributed by atoms with van der Waals surface area (Å²) in [6, 6.07) is 3.59. The van der Waals surface area contributed by atoms with E-state index in [1.54, 1.807) is 19.1 Å². The van der Waals surface area contributed by atoms with Crippen molar-refractivity contribution in [1.82, 2.24) is 4.98 Å². The van der Waals surface area contributed by atoms with Crippen LogP contribution in [0.2, 0.25) is 0 Å². The van der Waals surface area contributed by atoms with Crippen molar-refractivity contribution in [2.45, 2.75) is 6.92 Å². The average molecular weight is 345 g/mol. The van der Waals surface area contributed by atoms with E-state index >= 15 is 0 Å². The number of pyridine rings is 1. The molecule has 0 aliphatic carbocycles. The minimum atomic E-state index is -0.391. The van der Waals surface area contributed by atoms with Gasteiger partial charge in [0.1, 0.15) is 0 Å². The maximum absolute atomic E-state index is 11.1. The fourth-order valence-electron chi connectivity index (χ4n) is 1.05. The Kier molecular flexibility index (Phi) is 5.61. The lowest BCUT2D eigenvalue weighted by atomic mass is 10.3. The van der Waals surface area contributed by atoms with Crippen LogP contribution < -0.4 is 5.73 Å². The van der Waals surface area contributed by atoms with Crippen LogP contribution in [0.4, 0.5) is 5.82 Å². The van der Waals surface area contributed by atoms with Crippen LogP contribution >= 0.6 is 22.6 Å². The van der Waals surface area contributed by atoms with Crippen LogP contribution in [0.5, 0.6) is 0 Å². The molecular formula is C11H12IN3O2. The van der Waals surface area contributed by atoms with Crippen LogP contribution in [0.1, 0.15) is 12.6 Å². The summed E-state index contributed by atoms with van der Waals surface area (Å²) in [5, 5.41) is 0. The van der Waals surface area contributed by atoms with Gasteiger partial charge in [-0.2, -0.15) is 0 Å². The fraction of sp³-hybridized carbons (Fsp3) is 0.182. The van der Waals surface area contributed by atoms with Crippen molar-refractivity contribution in [3.05, 3.63) is 27.5 Å². The predicted molar refractivity (Wildman–Crippen MR) is 75.0 cm³/mol. The minimum absolute atomic E-state index is 0.352. The molecule has 0 bridgehead atoms. The first-order valence-electron chi connectivity index (χ1n) is 4.93. The van der Waals surface area contributed by atoms with E-state index in [-0.39, 0.29) is 0 Å². The number of esters is 1. The SMILES string of the molecule is CCOC(=O)/C=C/c1nc(N=CN)ccc1I. The number of halogens is 1. The summed E-state index contributed by atoms with van der Waals surface area (Å²) in [5.41, 5.74) is 5.84. The maximum atomic E-state index is 11.1. The summed E-state index contributed by atoms with van der Waals surface area (Å²) in [6.07, 6.45) is 4.10. The van der Waals surface area contributed by atoms with E-state index in [2.05, 4.69) is 32.6 Å². The zero-order chi connectivity index (χ0) is 12.7. The van der Waals surface area contributed by atoms with E-state index in [1.807, 2.05) is 6.07 Å². The summed E-state index contributed by atoms with van der Waals surface area (Å²) < 4.78 is 5.69. The molecule has 0 aliphatic heterocycles. The number of aromatic nitrogens is 1. The van der Waals surface area contributed by atoms with Crippen molar-refractivity contribution >= 4 is 46.8 Å². The van der Waals surface area contributed by atoms with Crippen molar-refractivity contribution in [3.63, 3.8) is 0 Å². The Labute approximate surface area is 113 Å². The molecule has 90 valence electrons. The van der Waals surface area contributed by atoms with Gasteiger partial charge < -0.3 is 10.5 Å². The lowest BCUT2D eigenvalue weighted by Gasteiger charge is -1.99. The topological polar surface area (TPSA) is 77.6 Å². The van der Waals surface area contributed by atoms with Gasteiger partial charge in [0.25, 0.3) is 0 Å². The monoisotopic (exact) mass is 345 g/mol. The van der Waals surface area contributed by atoms with Gasteiger partial charge in [0.2, 0.25) is 0 Å². The third-order valence-corrected chi connectivity index (χ3v) is 2.64. The zero-order valence-electron chi connectivity index (χ0n) is 9.26. The standard InChI is InChI=1S/C11H12IN3O2/c1-2-17-11(16)6-4-9-8(12)3-5-10(15-9)14-7-13/h3-7H,2H2,1H3,(H2,13,14,15)/b6-4+. The Morgan fingerprint density at radius 3 is 3.06 bits per heavy atom.